The fourth-order valence-corrected chi connectivity index (χ4v) is 3.15. The summed E-state index contributed by atoms with van der Waals surface area (Å²) >= 11 is 0. The molecule has 0 bridgehead atoms. The predicted molar refractivity (Wildman–Crippen MR) is 96.4 cm³/mol. The zero-order valence-corrected chi connectivity index (χ0v) is 15.2. The summed E-state index contributed by atoms with van der Waals surface area (Å²) < 4.78 is 22.8. The molecule has 0 aliphatic carbocycles. The van der Waals surface area contributed by atoms with E-state index in [0.717, 1.165) is 31.5 Å². The third kappa shape index (κ3) is 6.02. The van der Waals surface area contributed by atoms with Crippen LogP contribution >= 0.6 is 0 Å². The lowest BCUT2D eigenvalue weighted by Gasteiger charge is -2.17. The first-order valence-electron chi connectivity index (χ1n) is 8.32. The summed E-state index contributed by atoms with van der Waals surface area (Å²) in [5, 5.41) is 11.2. The van der Waals surface area contributed by atoms with Gasteiger partial charge in [0.15, 0.2) is 5.96 Å². The average molecular weight is 367 g/mol. The number of guanidine groups is 1. The van der Waals surface area contributed by atoms with Crippen molar-refractivity contribution in [3.8, 4) is 0 Å². The van der Waals surface area contributed by atoms with Crippen molar-refractivity contribution in [3.63, 3.8) is 0 Å². The number of benzene rings is 1. The Hall–Kier alpha value is -2.13. The average Bonchev–Trinajstić information content (AvgIpc) is 3.11. The number of aliphatic imine (C=N–C) groups is 1. The summed E-state index contributed by atoms with van der Waals surface area (Å²) in [5.74, 6) is 0.565. The zero-order valence-electron chi connectivity index (χ0n) is 14.4. The molecule has 25 heavy (non-hydrogen) atoms. The van der Waals surface area contributed by atoms with Crippen LogP contribution in [0.25, 0.3) is 0 Å². The van der Waals surface area contributed by atoms with Crippen molar-refractivity contribution in [1.82, 2.24) is 15.5 Å². The van der Waals surface area contributed by atoms with E-state index in [2.05, 4.69) is 15.6 Å². The molecule has 8 nitrogen and oxygen atoms in total. The van der Waals surface area contributed by atoms with Gasteiger partial charge in [0.1, 0.15) is 0 Å². The summed E-state index contributed by atoms with van der Waals surface area (Å²) in [4.78, 5) is 18.4. The first-order chi connectivity index (χ1) is 11.9. The second-order valence-corrected chi connectivity index (χ2v) is 7.39. The SMILES string of the molecule is CCNC(=NCc1cccc(S(N)(=O)=O)c1)NCC(=O)N1CCCC1. The maximum absolute atomic E-state index is 12.1. The molecule has 0 unspecified atom stereocenters. The van der Waals surface area contributed by atoms with Crippen molar-refractivity contribution in [2.45, 2.75) is 31.2 Å². The van der Waals surface area contributed by atoms with Gasteiger partial charge in [0.2, 0.25) is 15.9 Å². The summed E-state index contributed by atoms with van der Waals surface area (Å²) in [6.07, 6.45) is 2.11. The number of rotatable bonds is 6. The van der Waals surface area contributed by atoms with Crippen molar-refractivity contribution >= 4 is 21.9 Å². The minimum Gasteiger partial charge on any atom is -0.357 e. The Morgan fingerprint density at radius 2 is 2.00 bits per heavy atom. The normalized spacial score (nSPS) is 15.3. The number of hydrogen-bond donors (Lipinski definition) is 3. The van der Waals surface area contributed by atoms with Gasteiger partial charge in [-0.15, -0.1) is 0 Å². The number of likely N-dealkylation sites (tertiary alicyclic amines) is 1. The Morgan fingerprint density at radius 1 is 1.28 bits per heavy atom. The van der Waals surface area contributed by atoms with E-state index in [9.17, 15) is 13.2 Å². The van der Waals surface area contributed by atoms with Gasteiger partial charge < -0.3 is 15.5 Å². The second kappa shape index (κ2) is 8.82. The van der Waals surface area contributed by atoms with Crippen molar-refractivity contribution in [2.75, 3.05) is 26.2 Å². The first-order valence-corrected chi connectivity index (χ1v) is 9.86. The van der Waals surface area contributed by atoms with E-state index in [4.69, 9.17) is 5.14 Å². The molecule has 1 saturated heterocycles. The highest BCUT2D eigenvalue weighted by Crippen LogP contribution is 2.10. The number of carbonyl (C=O) groups is 1. The van der Waals surface area contributed by atoms with Crippen LogP contribution in [0.4, 0.5) is 0 Å². The van der Waals surface area contributed by atoms with E-state index >= 15 is 0 Å². The van der Waals surface area contributed by atoms with Crippen LogP contribution in [0.1, 0.15) is 25.3 Å². The molecule has 2 rings (SSSR count). The van der Waals surface area contributed by atoms with Crippen LogP contribution in [0.3, 0.4) is 0 Å². The van der Waals surface area contributed by atoms with Gasteiger partial charge in [0.05, 0.1) is 18.0 Å². The Kier molecular flexibility index (Phi) is 6.77. The van der Waals surface area contributed by atoms with Gasteiger partial charge >= 0.3 is 0 Å². The Balaban J connectivity index is 1.98. The number of primary sulfonamides is 1. The number of nitrogens with one attached hydrogen (secondary N) is 2. The molecule has 1 fully saturated rings. The zero-order chi connectivity index (χ0) is 18.3. The molecule has 138 valence electrons. The third-order valence-corrected chi connectivity index (χ3v) is 4.77. The minimum absolute atomic E-state index is 0.0549. The number of sulfonamides is 1. The lowest BCUT2D eigenvalue weighted by Crippen LogP contribution is -2.44. The van der Waals surface area contributed by atoms with Crippen molar-refractivity contribution < 1.29 is 13.2 Å². The van der Waals surface area contributed by atoms with E-state index in [1.54, 1.807) is 12.1 Å². The summed E-state index contributed by atoms with van der Waals surface area (Å²) in [6, 6.07) is 6.34. The smallest absolute Gasteiger partial charge is 0.241 e. The second-order valence-electron chi connectivity index (χ2n) is 5.83. The fraction of sp³-hybridized carbons (Fsp3) is 0.500. The largest absolute Gasteiger partial charge is 0.357 e. The van der Waals surface area contributed by atoms with Crippen molar-refractivity contribution in [1.29, 1.82) is 0 Å². The Morgan fingerprint density at radius 3 is 2.64 bits per heavy atom. The molecule has 1 aliphatic heterocycles. The molecular weight excluding hydrogens is 342 g/mol. The molecule has 1 amide bonds. The fourth-order valence-electron chi connectivity index (χ4n) is 2.57. The molecule has 0 spiro atoms. The first kappa shape index (κ1) is 19.2. The van der Waals surface area contributed by atoms with Crippen LogP contribution in [-0.4, -0.2) is 51.4 Å². The van der Waals surface area contributed by atoms with Crippen LogP contribution in [0.15, 0.2) is 34.2 Å². The molecule has 4 N–H and O–H groups in total. The molecule has 1 aromatic rings. The van der Waals surface area contributed by atoms with Gasteiger partial charge in [-0.3, -0.25) is 4.79 Å². The molecule has 1 aliphatic rings. The third-order valence-electron chi connectivity index (χ3n) is 3.86. The summed E-state index contributed by atoms with van der Waals surface area (Å²) in [6.45, 7) is 4.67. The monoisotopic (exact) mass is 367 g/mol. The molecule has 0 aromatic heterocycles. The topological polar surface area (TPSA) is 117 Å². The van der Waals surface area contributed by atoms with Gasteiger partial charge in [-0.2, -0.15) is 0 Å². The quantitative estimate of drug-likeness (QED) is 0.484. The number of nitrogens with two attached hydrogens (primary N) is 1. The number of hydrogen-bond acceptors (Lipinski definition) is 4. The summed E-state index contributed by atoms with van der Waals surface area (Å²) in [5.41, 5.74) is 0.717. The van der Waals surface area contributed by atoms with Crippen molar-refractivity contribution in [2.24, 2.45) is 10.1 Å². The number of amides is 1. The van der Waals surface area contributed by atoms with Crippen molar-refractivity contribution in [3.05, 3.63) is 29.8 Å². The lowest BCUT2D eigenvalue weighted by molar-refractivity contribution is -0.128. The Labute approximate surface area is 148 Å². The van der Waals surface area contributed by atoms with Crippen LogP contribution in [0.2, 0.25) is 0 Å². The molecule has 9 heteroatoms. The molecular formula is C16H25N5O3S. The van der Waals surface area contributed by atoms with E-state index < -0.39 is 10.0 Å². The predicted octanol–water partition coefficient (Wildman–Crippen LogP) is 0.0115. The van der Waals surface area contributed by atoms with E-state index in [1.165, 1.54) is 12.1 Å². The van der Waals surface area contributed by atoms with E-state index in [-0.39, 0.29) is 23.9 Å². The highest BCUT2D eigenvalue weighted by atomic mass is 32.2. The van der Waals surface area contributed by atoms with E-state index in [1.807, 2.05) is 11.8 Å². The van der Waals surface area contributed by atoms with Crippen LogP contribution in [0, 0.1) is 0 Å². The van der Waals surface area contributed by atoms with Gasteiger partial charge in [-0.1, -0.05) is 12.1 Å². The van der Waals surface area contributed by atoms with Gasteiger partial charge in [-0.05, 0) is 37.5 Å². The number of nitrogens with zero attached hydrogens (tertiary/aromatic N) is 2. The Bertz CT molecular complexity index is 727. The van der Waals surface area contributed by atoms with E-state index in [0.29, 0.717) is 12.5 Å². The van der Waals surface area contributed by atoms with Crippen LogP contribution in [-0.2, 0) is 21.4 Å². The minimum atomic E-state index is -3.73. The van der Waals surface area contributed by atoms with Gasteiger partial charge in [-0.25, -0.2) is 18.5 Å². The lowest BCUT2D eigenvalue weighted by atomic mass is 10.2. The molecule has 1 heterocycles. The molecule has 1 aromatic carbocycles. The highest BCUT2D eigenvalue weighted by molar-refractivity contribution is 7.89. The van der Waals surface area contributed by atoms with Gasteiger partial charge in [0, 0.05) is 19.6 Å². The van der Waals surface area contributed by atoms with Crippen LogP contribution in [0.5, 0.6) is 0 Å². The molecule has 0 atom stereocenters. The maximum atomic E-state index is 12.1. The highest BCUT2D eigenvalue weighted by Gasteiger charge is 2.17. The van der Waals surface area contributed by atoms with Gasteiger partial charge in [0.25, 0.3) is 0 Å². The summed E-state index contributed by atoms with van der Waals surface area (Å²) in [7, 11) is -3.73. The number of carbonyl (C=O) groups excluding carboxylic acids is 1. The maximum Gasteiger partial charge on any atom is 0.241 e. The standard InChI is InChI=1S/C16H25N5O3S/c1-2-18-16(20-12-15(22)21-8-3-4-9-21)19-11-13-6-5-7-14(10-13)25(17,23)24/h5-7,10H,2-4,8-9,11-12H2,1H3,(H2,17,23,24)(H2,18,19,20). The van der Waals surface area contributed by atoms with Crippen LogP contribution < -0.4 is 15.8 Å². The molecule has 0 radical (unpaired) electrons. The molecule has 0 saturated carbocycles.